The highest BCUT2D eigenvalue weighted by molar-refractivity contribution is 5.74. The Morgan fingerprint density at radius 3 is 1.94 bits per heavy atom. The molecule has 0 bridgehead atoms. The quantitative estimate of drug-likeness (QED) is 0.595. The van der Waals surface area contributed by atoms with Gasteiger partial charge in [0.2, 0.25) is 0 Å². The first-order valence-electron chi connectivity index (χ1n) is 5.14. The van der Waals surface area contributed by atoms with Gasteiger partial charge >= 0.3 is 0 Å². The van der Waals surface area contributed by atoms with E-state index in [1.54, 1.807) is 12.1 Å². The van der Waals surface area contributed by atoms with Crippen LogP contribution in [0.3, 0.4) is 0 Å². The van der Waals surface area contributed by atoms with Gasteiger partial charge < -0.3 is 5.11 Å². The Labute approximate surface area is 99.5 Å². The molecule has 0 saturated heterocycles. The smallest absolute Gasteiger partial charge is 0.193 e. The monoisotopic (exact) mass is 222 g/mol. The zero-order valence-electron chi connectivity index (χ0n) is 9.05. The van der Waals surface area contributed by atoms with Crippen LogP contribution in [0.4, 0.5) is 0 Å². The average Bonchev–Trinajstić information content (AvgIpc) is 2.38. The van der Waals surface area contributed by atoms with Gasteiger partial charge in [-0.1, -0.05) is 30.2 Å². The van der Waals surface area contributed by atoms with Crippen molar-refractivity contribution in [1.29, 1.82) is 0 Å². The summed E-state index contributed by atoms with van der Waals surface area (Å²) in [6, 6.07) is 14.6. The van der Waals surface area contributed by atoms with Crippen LogP contribution >= 0.6 is 0 Å². The molecule has 0 fully saturated rings. The molecular weight excluding hydrogens is 212 g/mol. The minimum absolute atomic E-state index is 0.252. The second-order valence-corrected chi connectivity index (χ2v) is 3.51. The summed E-state index contributed by atoms with van der Waals surface area (Å²) in [6.07, 6.45) is 0.577. The zero-order valence-corrected chi connectivity index (χ0v) is 9.05. The molecule has 0 aromatic heterocycles. The Morgan fingerprint density at radius 1 is 0.882 bits per heavy atom. The van der Waals surface area contributed by atoms with E-state index in [0.717, 1.165) is 16.7 Å². The molecule has 2 aromatic rings. The summed E-state index contributed by atoms with van der Waals surface area (Å²) in [5.41, 5.74) is 2.87. The van der Waals surface area contributed by atoms with Gasteiger partial charge in [0.15, 0.2) is 6.29 Å². The number of aldehydes is 1. The SMILES string of the molecule is O=CC#Cc1ccc(-c2ccc(O)cc2)cc1. The number of aromatic hydroxyl groups is 1. The second kappa shape index (κ2) is 5.00. The van der Waals surface area contributed by atoms with Gasteiger partial charge in [0.25, 0.3) is 0 Å². The summed E-state index contributed by atoms with van der Waals surface area (Å²) in [4.78, 5) is 10.1. The molecule has 0 atom stereocenters. The van der Waals surface area contributed by atoms with Gasteiger partial charge in [-0.2, -0.15) is 0 Å². The molecule has 0 amide bonds. The molecule has 2 rings (SSSR count). The summed E-state index contributed by atoms with van der Waals surface area (Å²) in [5.74, 6) is 5.34. The lowest BCUT2D eigenvalue weighted by Crippen LogP contribution is -1.79. The molecule has 0 heterocycles. The van der Waals surface area contributed by atoms with Crippen LogP contribution in [0, 0.1) is 11.8 Å². The van der Waals surface area contributed by atoms with Crippen LogP contribution in [0.5, 0.6) is 5.75 Å². The standard InChI is InChI=1S/C15H10O2/c16-11-1-2-12-3-5-13(6-4-12)14-7-9-15(17)10-8-14/h3-11,17H. The number of phenols is 1. The van der Waals surface area contributed by atoms with Crippen LogP contribution in [-0.2, 0) is 4.79 Å². The van der Waals surface area contributed by atoms with Crippen LogP contribution in [0.1, 0.15) is 5.56 Å². The maximum atomic E-state index is 10.1. The fourth-order valence-electron chi connectivity index (χ4n) is 1.51. The van der Waals surface area contributed by atoms with Gasteiger partial charge in [-0.25, -0.2) is 0 Å². The predicted molar refractivity (Wildman–Crippen MR) is 66.5 cm³/mol. The summed E-state index contributed by atoms with van der Waals surface area (Å²) in [5, 5.41) is 9.19. The Balaban J connectivity index is 2.29. The molecule has 0 saturated carbocycles. The normalized spacial score (nSPS) is 9.18. The molecule has 2 aromatic carbocycles. The number of benzene rings is 2. The summed E-state index contributed by atoms with van der Waals surface area (Å²) < 4.78 is 0. The van der Waals surface area contributed by atoms with Crippen molar-refractivity contribution in [1.82, 2.24) is 0 Å². The lowest BCUT2D eigenvalue weighted by Gasteiger charge is -2.01. The van der Waals surface area contributed by atoms with Gasteiger partial charge in [-0.15, -0.1) is 0 Å². The maximum Gasteiger partial charge on any atom is 0.193 e. The highest BCUT2D eigenvalue weighted by atomic mass is 16.3. The Bertz CT molecular complexity index is 569. The summed E-state index contributed by atoms with van der Waals surface area (Å²) in [7, 11) is 0. The minimum Gasteiger partial charge on any atom is -0.508 e. The number of carbonyl (C=O) groups is 1. The third kappa shape index (κ3) is 2.73. The highest BCUT2D eigenvalue weighted by Gasteiger charge is 1.97. The number of rotatable bonds is 1. The van der Waals surface area contributed by atoms with Gasteiger partial charge in [-0.05, 0) is 41.3 Å². The first kappa shape index (κ1) is 11.0. The van der Waals surface area contributed by atoms with Crippen LogP contribution in [0.25, 0.3) is 11.1 Å². The van der Waals surface area contributed by atoms with E-state index in [1.165, 1.54) is 0 Å². The van der Waals surface area contributed by atoms with E-state index in [4.69, 9.17) is 0 Å². The van der Waals surface area contributed by atoms with Crippen molar-refractivity contribution in [3.8, 4) is 28.7 Å². The molecule has 2 nitrogen and oxygen atoms in total. The van der Waals surface area contributed by atoms with Crippen LogP contribution in [-0.4, -0.2) is 11.4 Å². The summed E-state index contributed by atoms with van der Waals surface area (Å²) in [6.45, 7) is 0. The number of hydrogen-bond donors (Lipinski definition) is 1. The second-order valence-electron chi connectivity index (χ2n) is 3.51. The topological polar surface area (TPSA) is 37.3 Å². The Hall–Kier alpha value is -2.53. The van der Waals surface area contributed by atoms with Crippen molar-refractivity contribution in [3.63, 3.8) is 0 Å². The number of hydrogen-bond acceptors (Lipinski definition) is 2. The summed E-state index contributed by atoms with van der Waals surface area (Å²) >= 11 is 0. The van der Waals surface area contributed by atoms with Crippen LogP contribution < -0.4 is 0 Å². The van der Waals surface area contributed by atoms with Gasteiger partial charge in [0.1, 0.15) is 5.75 Å². The van der Waals surface area contributed by atoms with E-state index in [-0.39, 0.29) is 5.75 Å². The molecule has 82 valence electrons. The molecule has 17 heavy (non-hydrogen) atoms. The van der Waals surface area contributed by atoms with Crippen molar-refractivity contribution in [2.75, 3.05) is 0 Å². The molecule has 0 radical (unpaired) electrons. The lowest BCUT2D eigenvalue weighted by atomic mass is 10.0. The number of carbonyl (C=O) groups excluding carboxylic acids is 1. The molecule has 0 aliphatic carbocycles. The first-order chi connectivity index (χ1) is 8.29. The Morgan fingerprint density at radius 2 is 1.41 bits per heavy atom. The first-order valence-corrected chi connectivity index (χ1v) is 5.14. The lowest BCUT2D eigenvalue weighted by molar-refractivity contribution is -0.103. The third-order valence-electron chi connectivity index (χ3n) is 2.36. The Kier molecular flexibility index (Phi) is 3.23. The van der Waals surface area contributed by atoms with Crippen molar-refractivity contribution in [2.24, 2.45) is 0 Å². The average molecular weight is 222 g/mol. The van der Waals surface area contributed by atoms with Crippen molar-refractivity contribution in [2.45, 2.75) is 0 Å². The largest absolute Gasteiger partial charge is 0.508 e. The predicted octanol–water partition coefficient (Wildman–Crippen LogP) is 2.61. The van der Waals surface area contributed by atoms with E-state index in [9.17, 15) is 9.90 Å². The number of phenolic OH excluding ortho intramolecular Hbond substituents is 1. The van der Waals surface area contributed by atoms with Gasteiger partial charge in [0.05, 0.1) is 0 Å². The van der Waals surface area contributed by atoms with E-state index in [0.29, 0.717) is 6.29 Å². The van der Waals surface area contributed by atoms with E-state index in [2.05, 4.69) is 11.8 Å². The zero-order chi connectivity index (χ0) is 12.1. The molecule has 0 unspecified atom stereocenters. The third-order valence-corrected chi connectivity index (χ3v) is 2.36. The van der Waals surface area contributed by atoms with E-state index in [1.807, 2.05) is 36.4 Å². The van der Waals surface area contributed by atoms with Crippen molar-refractivity contribution in [3.05, 3.63) is 54.1 Å². The van der Waals surface area contributed by atoms with Crippen molar-refractivity contribution >= 4 is 6.29 Å². The van der Waals surface area contributed by atoms with Crippen LogP contribution in [0.2, 0.25) is 0 Å². The molecule has 0 spiro atoms. The fourth-order valence-corrected chi connectivity index (χ4v) is 1.51. The maximum absolute atomic E-state index is 10.1. The molecule has 1 N–H and O–H groups in total. The van der Waals surface area contributed by atoms with Gasteiger partial charge in [0, 0.05) is 5.56 Å². The molecular formula is C15H10O2. The minimum atomic E-state index is 0.252. The molecule has 0 aliphatic rings. The van der Waals surface area contributed by atoms with E-state index < -0.39 is 0 Å². The van der Waals surface area contributed by atoms with Crippen molar-refractivity contribution < 1.29 is 9.90 Å². The van der Waals surface area contributed by atoms with Crippen LogP contribution in [0.15, 0.2) is 48.5 Å². The molecule has 2 heteroatoms. The fraction of sp³-hybridized carbons (Fsp3) is 0. The van der Waals surface area contributed by atoms with Gasteiger partial charge in [-0.3, -0.25) is 4.79 Å². The molecule has 0 aliphatic heterocycles. The van der Waals surface area contributed by atoms with E-state index >= 15 is 0 Å². The highest BCUT2D eigenvalue weighted by Crippen LogP contribution is 2.21.